The number of carboxylic acid groups (broad SMARTS) is 1. The summed E-state index contributed by atoms with van der Waals surface area (Å²) in [4.78, 5) is 14.3. The summed E-state index contributed by atoms with van der Waals surface area (Å²) in [5, 5.41) is 10.2. The van der Waals surface area contributed by atoms with E-state index in [1.165, 1.54) is 0 Å². The number of pyridine rings is 1. The van der Waals surface area contributed by atoms with Crippen LogP contribution in [-0.2, 0) is 4.79 Å². The molecular formula is C10H14N2O2. The van der Waals surface area contributed by atoms with Crippen LogP contribution in [0, 0.1) is 0 Å². The number of aliphatic carboxylic acids is 1. The molecule has 0 aliphatic carbocycles. The van der Waals surface area contributed by atoms with Crippen LogP contribution in [0.5, 0.6) is 0 Å². The molecular weight excluding hydrogens is 180 g/mol. The first-order valence-electron chi connectivity index (χ1n) is 4.64. The molecule has 14 heavy (non-hydrogen) atoms. The fourth-order valence-electron chi connectivity index (χ4n) is 1.26. The first-order chi connectivity index (χ1) is 6.70. The molecule has 0 fully saturated rings. The van der Waals surface area contributed by atoms with Gasteiger partial charge in [0.05, 0.1) is 5.69 Å². The molecule has 1 aromatic rings. The quantitative estimate of drug-likeness (QED) is 0.672. The van der Waals surface area contributed by atoms with Crippen molar-refractivity contribution in [2.24, 2.45) is 0 Å². The Balaban J connectivity index is 2.36. The second kappa shape index (κ2) is 5.34. The van der Waals surface area contributed by atoms with Gasteiger partial charge in [0.25, 0.3) is 0 Å². The Morgan fingerprint density at radius 1 is 1.57 bits per heavy atom. The van der Waals surface area contributed by atoms with E-state index in [-0.39, 0.29) is 12.5 Å². The highest BCUT2D eigenvalue weighted by Gasteiger charge is 2.09. The van der Waals surface area contributed by atoms with Crippen LogP contribution in [0.3, 0.4) is 0 Å². The summed E-state index contributed by atoms with van der Waals surface area (Å²) >= 11 is 0. The van der Waals surface area contributed by atoms with Crippen molar-refractivity contribution in [1.82, 2.24) is 4.98 Å². The van der Waals surface area contributed by atoms with E-state index in [1.54, 1.807) is 6.20 Å². The highest BCUT2D eigenvalue weighted by Crippen LogP contribution is 2.11. The molecule has 0 amide bonds. The molecule has 1 heterocycles. The fourth-order valence-corrected chi connectivity index (χ4v) is 1.26. The summed E-state index contributed by atoms with van der Waals surface area (Å²) in [6.07, 6.45) is 3.13. The van der Waals surface area contributed by atoms with Gasteiger partial charge in [0.1, 0.15) is 6.04 Å². The number of aromatic nitrogens is 1. The van der Waals surface area contributed by atoms with Crippen LogP contribution < -0.4 is 10.8 Å². The Bertz CT molecular complexity index is 287. The lowest BCUT2D eigenvalue weighted by Crippen LogP contribution is -2.53. The van der Waals surface area contributed by atoms with Crippen LogP contribution in [0.1, 0.15) is 31.0 Å². The third kappa shape index (κ3) is 3.53. The number of quaternary nitrogens is 1. The number of hydrogen-bond acceptors (Lipinski definition) is 3. The van der Waals surface area contributed by atoms with Gasteiger partial charge in [-0.3, -0.25) is 4.98 Å². The first-order valence-corrected chi connectivity index (χ1v) is 4.64. The predicted octanol–water partition coefficient (Wildman–Crippen LogP) is -0.715. The number of hydrogen-bond donors (Lipinski definition) is 1. The van der Waals surface area contributed by atoms with Crippen molar-refractivity contribution in [2.75, 3.05) is 0 Å². The third-order valence-corrected chi connectivity index (χ3v) is 2.04. The molecule has 1 aromatic heterocycles. The summed E-state index contributed by atoms with van der Waals surface area (Å²) in [6, 6.07) is 5.71. The molecule has 0 radical (unpaired) electrons. The van der Waals surface area contributed by atoms with E-state index in [4.69, 9.17) is 0 Å². The lowest BCUT2D eigenvalue weighted by Gasteiger charge is -2.07. The molecule has 0 unspecified atom stereocenters. The topological polar surface area (TPSA) is 80.7 Å². The number of nitrogens with zero attached hydrogens (tertiary/aromatic N) is 1. The van der Waals surface area contributed by atoms with Crippen molar-refractivity contribution in [3.05, 3.63) is 30.1 Å². The van der Waals surface area contributed by atoms with Gasteiger partial charge in [0.2, 0.25) is 0 Å². The second-order valence-electron chi connectivity index (χ2n) is 3.22. The van der Waals surface area contributed by atoms with E-state index in [1.807, 2.05) is 18.2 Å². The number of carboxylic acids is 1. The summed E-state index contributed by atoms with van der Waals surface area (Å²) in [7, 11) is 0. The van der Waals surface area contributed by atoms with Crippen LogP contribution in [-0.4, -0.2) is 11.0 Å². The van der Waals surface area contributed by atoms with E-state index in [0.29, 0.717) is 6.42 Å². The maximum Gasteiger partial charge on any atom is 0.127 e. The normalized spacial score (nSPS) is 12.4. The van der Waals surface area contributed by atoms with Gasteiger partial charge in [0.15, 0.2) is 0 Å². The zero-order valence-electron chi connectivity index (χ0n) is 7.98. The van der Waals surface area contributed by atoms with Crippen LogP contribution in [0.25, 0.3) is 0 Å². The summed E-state index contributed by atoms with van der Waals surface area (Å²) in [5.41, 5.74) is 4.84. The summed E-state index contributed by atoms with van der Waals surface area (Å²) in [6.45, 7) is 0. The van der Waals surface area contributed by atoms with Gasteiger partial charge >= 0.3 is 0 Å². The molecule has 76 valence electrons. The number of rotatable bonds is 5. The highest BCUT2D eigenvalue weighted by molar-refractivity contribution is 5.64. The van der Waals surface area contributed by atoms with Crippen molar-refractivity contribution in [3.8, 4) is 0 Å². The Morgan fingerprint density at radius 3 is 2.93 bits per heavy atom. The molecule has 0 saturated heterocycles. The highest BCUT2D eigenvalue weighted by atomic mass is 16.4. The van der Waals surface area contributed by atoms with Crippen molar-refractivity contribution in [3.63, 3.8) is 0 Å². The van der Waals surface area contributed by atoms with Gasteiger partial charge in [-0.1, -0.05) is 6.07 Å². The minimum Gasteiger partial charge on any atom is -0.550 e. The van der Waals surface area contributed by atoms with Crippen molar-refractivity contribution in [2.45, 2.75) is 25.3 Å². The van der Waals surface area contributed by atoms with E-state index in [0.717, 1.165) is 12.1 Å². The average molecular weight is 194 g/mol. The largest absolute Gasteiger partial charge is 0.550 e. The number of carbonyl (C=O) groups is 1. The van der Waals surface area contributed by atoms with E-state index >= 15 is 0 Å². The van der Waals surface area contributed by atoms with Gasteiger partial charge < -0.3 is 15.6 Å². The number of carbonyl (C=O) groups excluding carboxylic acids is 1. The van der Waals surface area contributed by atoms with Gasteiger partial charge in [-0.25, -0.2) is 0 Å². The van der Waals surface area contributed by atoms with Gasteiger partial charge in [-0.05, 0) is 25.0 Å². The Hall–Kier alpha value is -1.42. The lowest BCUT2D eigenvalue weighted by atomic mass is 10.1. The van der Waals surface area contributed by atoms with Crippen molar-refractivity contribution < 1.29 is 15.6 Å². The Kier molecular flexibility index (Phi) is 4.07. The van der Waals surface area contributed by atoms with Gasteiger partial charge in [0, 0.05) is 18.6 Å². The van der Waals surface area contributed by atoms with Crippen molar-refractivity contribution in [1.29, 1.82) is 0 Å². The molecule has 3 N–H and O–H groups in total. The van der Waals surface area contributed by atoms with Crippen LogP contribution >= 0.6 is 0 Å². The van der Waals surface area contributed by atoms with Gasteiger partial charge in [-0.15, -0.1) is 0 Å². The van der Waals surface area contributed by atoms with E-state index in [2.05, 4.69) is 10.7 Å². The Labute approximate surface area is 82.8 Å². The lowest BCUT2D eigenvalue weighted by molar-refractivity contribution is -0.429. The van der Waals surface area contributed by atoms with E-state index in [9.17, 15) is 9.90 Å². The van der Waals surface area contributed by atoms with Crippen LogP contribution in [0.15, 0.2) is 24.4 Å². The average Bonchev–Trinajstić information content (AvgIpc) is 2.18. The molecule has 4 heteroatoms. The zero-order valence-corrected chi connectivity index (χ0v) is 7.98. The van der Waals surface area contributed by atoms with Gasteiger partial charge in [-0.2, -0.15) is 0 Å². The minimum absolute atomic E-state index is 0.0653. The molecule has 0 saturated carbocycles. The standard InChI is InChI=1S/C10H14N2O2/c11-8(4-3-6-10(13)14)9-5-1-2-7-12-9/h1-2,5,7-8H,3-4,6,11H2,(H,13,14)/t8-/m1/s1. The molecule has 0 aliphatic heterocycles. The molecule has 0 aromatic carbocycles. The zero-order chi connectivity index (χ0) is 10.4. The summed E-state index contributed by atoms with van der Waals surface area (Å²) < 4.78 is 0. The third-order valence-electron chi connectivity index (χ3n) is 2.04. The maximum atomic E-state index is 10.2. The van der Waals surface area contributed by atoms with E-state index < -0.39 is 5.97 Å². The minimum atomic E-state index is -1.00. The Morgan fingerprint density at radius 2 is 2.36 bits per heavy atom. The maximum absolute atomic E-state index is 10.2. The smallest absolute Gasteiger partial charge is 0.127 e. The fraction of sp³-hybridized carbons (Fsp3) is 0.400. The molecule has 0 spiro atoms. The SMILES string of the molecule is [NH3+][C@H](CCCC(=O)[O-])c1ccccn1. The van der Waals surface area contributed by atoms with Crippen LogP contribution in [0.4, 0.5) is 0 Å². The monoisotopic (exact) mass is 194 g/mol. The molecule has 1 atom stereocenters. The molecule has 4 nitrogen and oxygen atoms in total. The molecule has 0 aliphatic rings. The first kappa shape index (κ1) is 10.7. The van der Waals surface area contributed by atoms with Crippen LogP contribution in [0.2, 0.25) is 0 Å². The molecule has 1 rings (SSSR count). The summed E-state index contributed by atoms with van der Waals surface area (Å²) in [5.74, 6) is -1.00. The predicted molar refractivity (Wildman–Crippen MR) is 48.7 cm³/mol. The molecule has 0 bridgehead atoms. The van der Waals surface area contributed by atoms with Crippen molar-refractivity contribution >= 4 is 5.97 Å². The second-order valence-corrected chi connectivity index (χ2v) is 3.22.